The monoisotopic (exact) mass is 417 g/mol. The molecular formula is C29H23NO2. The fourth-order valence-electron chi connectivity index (χ4n) is 3.68. The predicted molar refractivity (Wildman–Crippen MR) is 131 cm³/mol. The molecule has 4 aromatic rings. The first-order chi connectivity index (χ1) is 15.9. The van der Waals surface area contributed by atoms with E-state index in [0.29, 0.717) is 0 Å². The Balaban J connectivity index is 1.39. The van der Waals surface area contributed by atoms with E-state index in [0.717, 1.165) is 46.1 Å². The summed E-state index contributed by atoms with van der Waals surface area (Å²) >= 11 is 0. The van der Waals surface area contributed by atoms with Crippen molar-refractivity contribution in [3.8, 4) is 11.1 Å². The molecule has 3 heteroatoms. The molecule has 1 aromatic heterocycles. The Labute approximate surface area is 188 Å². The van der Waals surface area contributed by atoms with Gasteiger partial charge in [0, 0.05) is 22.6 Å². The van der Waals surface area contributed by atoms with E-state index >= 15 is 0 Å². The average molecular weight is 418 g/mol. The molecule has 0 fully saturated rings. The van der Waals surface area contributed by atoms with Gasteiger partial charge >= 0.3 is 0 Å². The van der Waals surface area contributed by atoms with E-state index in [1.54, 1.807) is 12.5 Å². The van der Waals surface area contributed by atoms with Gasteiger partial charge in [-0.2, -0.15) is 0 Å². The summed E-state index contributed by atoms with van der Waals surface area (Å²) in [5.74, 6) is 1.62. The van der Waals surface area contributed by atoms with Crippen LogP contribution in [0.5, 0.6) is 0 Å². The summed E-state index contributed by atoms with van der Waals surface area (Å²) in [6.45, 7) is 0. The summed E-state index contributed by atoms with van der Waals surface area (Å²) in [6, 6.07) is 31.4. The third-order valence-corrected chi connectivity index (χ3v) is 5.27. The zero-order chi connectivity index (χ0) is 21.6. The first-order valence-electron chi connectivity index (χ1n) is 10.7. The van der Waals surface area contributed by atoms with Crippen LogP contribution >= 0.6 is 0 Å². The number of benzene rings is 3. The van der Waals surface area contributed by atoms with E-state index in [1.165, 1.54) is 0 Å². The Morgan fingerprint density at radius 1 is 0.688 bits per heavy atom. The molecule has 0 N–H and O–H groups in total. The number of furan rings is 1. The molecule has 0 spiro atoms. The van der Waals surface area contributed by atoms with Gasteiger partial charge in [-0.05, 0) is 78.8 Å². The van der Waals surface area contributed by atoms with Gasteiger partial charge in [0.05, 0.1) is 12.5 Å². The molecule has 0 saturated heterocycles. The number of hydrogen-bond acceptors (Lipinski definition) is 3. The number of ether oxygens (including phenoxy) is 1. The summed E-state index contributed by atoms with van der Waals surface area (Å²) in [6.07, 6.45) is 12.2. The molecule has 32 heavy (non-hydrogen) atoms. The van der Waals surface area contributed by atoms with Crippen molar-refractivity contribution in [3.63, 3.8) is 0 Å². The first-order valence-corrected chi connectivity index (χ1v) is 10.7. The molecule has 2 heterocycles. The van der Waals surface area contributed by atoms with Gasteiger partial charge in [0.25, 0.3) is 0 Å². The number of para-hydroxylation sites is 2. The highest BCUT2D eigenvalue weighted by molar-refractivity contribution is 5.78. The molecule has 0 amide bonds. The van der Waals surface area contributed by atoms with Crippen molar-refractivity contribution >= 4 is 23.1 Å². The Hall–Kier alpha value is -4.24. The second kappa shape index (κ2) is 9.27. The van der Waals surface area contributed by atoms with E-state index in [4.69, 9.17) is 9.15 Å². The molecule has 0 aliphatic carbocycles. The van der Waals surface area contributed by atoms with Crippen LogP contribution < -0.4 is 4.90 Å². The summed E-state index contributed by atoms with van der Waals surface area (Å²) in [4.78, 5) is 2.25. The van der Waals surface area contributed by atoms with E-state index in [9.17, 15) is 0 Å². The van der Waals surface area contributed by atoms with Crippen LogP contribution in [0.1, 0.15) is 12.2 Å². The maximum Gasteiger partial charge on any atom is 0.127 e. The van der Waals surface area contributed by atoms with Crippen LogP contribution in [0.3, 0.4) is 0 Å². The zero-order valence-electron chi connectivity index (χ0n) is 17.6. The zero-order valence-corrected chi connectivity index (χ0v) is 17.6. The lowest BCUT2D eigenvalue weighted by molar-refractivity contribution is 0.359. The van der Waals surface area contributed by atoms with Crippen molar-refractivity contribution in [2.45, 2.75) is 6.42 Å². The highest BCUT2D eigenvalue weighted by Crippen LogP contribution is 2.35. The van der Waals surface area contributed by atoms with Crippen molar-refractivity contribution in [3.05, 3.63) is 133 Å². The first kappa shape index (κ1) is 19.7. The van der Waals surface area contributed by atoms with Crippen LogP contribution in [0, 0.1) is 0 Å². The largest absolute Gasteiger partial charge is 0.466 e. The van der Waals surface area contributed by atoms with Crippen molar-refractivity contribution in [2.75, 3.05) is 4.90 Å². The molecule has 3 nitrogen and oxygen atoms in total. The fraction of sp³-hybridized carbons (Fsp3) is 0.0345. The van der Waals surface area contributed by atoms with Crippen LogP contribution in [-0.4, -0.2) is 0 Å². The highest BCUT2D eigenvalue weighted by Gasteiger charge is 2.12. The number of rotatable bonds is 6. The molecule has 5 rings (SSSR count). The van der Waals surface area contributed by atoms with Crippen molar-refractivity contribution in [2.24, 2.45) is 0 Å². The summed E-state index contributed by atoms with van der Waals surface area (Å²) in [5, 5.41) is 0. The van der Waals surface area contributed by atoms with Crippen molar-refractivity contribution < 1.29 is 9.15 Å². The van der Waals surface area contributed by atoms with Crippen LogP contribution in [0.25, 0.3) is 17.2 Å². The van der Waals surface area contributed by atoms with E-state index < -0.39 is 0 Å². The molecule has 1 aliphatic heterocycles. The third-order valence-electron chi connectivity index (χ3n) is 5.27. The standard InChI is InChI=1S/C29H23NO2/c1-3-9-25(10-4-1)30(26-11-5-2-6-12-26)27-16-14-23(15-17-27)24-21-29(32-22-24)19-18-28-13-7-8-20-31-28/h1-6,8-22H,7H2/b19-18+. The molecule has 0 atom stereocenters. The Bertz CT molecular complexity index is 1210. The van der Waals surface area contributed by atoms with Gasteiger partial charge in [-0.1, -0.05) is 48.5 Å². The second-order valence-corrected chi connectivity index (χ2v) is 7.46. The number of nitrogens with zero attached hydrogens (tertiary/aromatic N) is 1. The topological polar surface area (TPSA) is 25.6 Å². The molecule has 0 radical (unpaired) electrons. The summed E-state index contributed by atoms with van der Waals surface area (Å²) < 4.78 is 11.2. The lowest BCUT2D eigenvalue weighted by Gasteiger charge is -2.25. The van der Waals surface area contributed by atoms with E-state index in [-0.39, 0.29) is 0 Å². The van der Waals surface area contributed by atoms with Gasteiger partial charge in [-0.3, -0.25) is 0 Å². The number of allylic oxidation sites excluding steroid dienone is 3. The van der Waals surface area contributed by atoms with Gasteiger partial charge in [-0.25, -0.2) is 0 Å². The predicted octanol–water partition coefficient (Wildman–Crippen LogP) is 8.25. The molecule has 0 saturated carbocycles. The SMILES string of the molecule is C1=COC(/C=C/c2cc(-c3ccc(N(c4ccccc4)c4ccccc4)cc3)co2)=CC1. The lowest BCUT2D eigenvalue weighted by atomic mass is 10.1. The lowest BCUT2D eigenvalue weighted by Crippen LogP contribution is -2.09. The molecule has 3 aromatic carbocycles. The number of anilines is 3. The Morgan fingerprint density at radius 3 is 1.97 bits per heavy atom. The normalized spacial score (nSPS) is 13.1. The van der Waals surface area contributed by atoms with Crippen LogP contribution in [0.2, 0.25) is 0 Å². The van der Waals surface area contributed by atoms with Crippen molar-refractivity contribution in [1.29, 1.82) is 0 Å². The van der Waals surface area contributed by atoms with Crippen LogP contribution in [0.4, 0.5) is 17.1 Å². The van der Waals surface area contributed by atoms with Crippen LogP contribution in [-0.2, 0) is 4.74 Å². The molecule has 1 aliphatic rings. The van der Waals surface area contributed by atoms with Crippen molar-refractivity contribution in [1.82, 2.24) is 0 Å². The van der Waals surface area contributed by atoms with Crippen LogP contribution in [0.15, 0.2) is 132 Å². The maximum atomic E-state index is 5.73. The molecular weight excluding hydrogens is 394 g/mol. The molecule has 156 valence electrons. The minimum atomic E-state index is 0.790. The fourth-order valence-corrected chi connectivity index (χ4v) is 3.68. The van der Waals surface area contributed by atoms with E-state index in [2.05, 4.69) is 77.7 Å². The molecule has 0 unspecified atom stereocenters. The Kier molecular flexibility index (Phi) is 5.71. The Morgan fingerprint density at radius 2 is 1.34 bits per heavy atom. The molecule has 0 bridgehead atoms. The minimum Gasteiger partial charge on any atom is -0.466 e. The average Bonchev–Trinajstić information content (AvgIpc) is 3.35. The summed E-state index contributed by atoms with van der Waals surface area (Å²) in [7, 11) is 0. The van der Waals surface area contributed by atoms with Gasteiger partial charge in [0.2, 0.25) is 0 Å². The number of hydrogen-bond donors (Lipinski definition) is 0. The quantitative estimate of drug-likeness (QED) is 0.316. The summed E-state index contributed by atoms with van der Waals surface area (Å²) in [5.41, 5.74) is 5.49. The smallest absolute Gasteiger partial charge is 0.127 e. The van der Waals surface area contributed by atoms with E-state index in [1.807, 2.05) is 42.5 Å². The van der Waals surface area contributed by atoms with Gasteiger partial charge < -0.3 is 14.1 Å². The van der Waals surface area contributed by atoms with Gasteiger partial charge in [0.1, 0.15) is 11.5 Å². The minimum absolute atomic E-state index is 0.790. The third kappa shape index (κ3) is 4.42. The van der Waals surface area contributed by atoms with Gasteiger partial charge in [0.15, 0.2) is 0 Å². The second-order valence-electron chi connectivity index (χ2n) is 7.46. The van der Waals surface area contributed by atoms with Gasteiger partial charge in [-0.15, -0.1) is 0 Å². The highest BCUT2D eigenvalue weighted by atomic mass is 16.5. The maximum absolute atomic E-state index is 5.73.